The van der Waals surface area contributed by atoms with Gasteiger partial charge in [0.1, 0.15) is 5.75 Å². The fourth-order valence-corrected chi connectivity index (χ4v) is 3.92. The Morgan fingerprint density at radius 3 is 2.40 bits per heavy atom. The van der Waals surface area contributed by atoms with E-state index in [0.29, 0.717) is 17.1 Å². The number of ether oxygens (including phenoxy) is 1. The third-order valence-electron chi connectivity index (χ3n) is 3.72. The van der Waals surface area contributed by atoms with E-state index in [2.05, 4.69) is 20.7 Å². The summed E-state index contributed by atoms with van der Waals surface area (Å²) in [6.07, 6.45) is 1.13. The normalized spacial score (nSPS) is 11.5. The molecule has 5 nitrogen and oxygen atoms in total. The molecule has 0 unspecified atom stereocenters. The smallest absolute Gasteiger partial charge is 0.229 e. The third-order valence-corrected chi connectivity index (χ3v) is 4.92. The Hall–Kier alpha value is -2.25. The molecule has 3 aromatic rings. The molecule has 0 radical (unpaired) electrons. The quantitative estimate of drug-likeness (QED) is 0.618. The number of nitrogens with two attached hydrogens (primary N) is 1. The zero-order valence-electron chi connectivity index (χ0n) is 13.7. The summed E-state index contributed by atoms with van der Waals surface area (Å²) < 4.78 is 31.5. The van der Waals surface area contributed by atoms with Crippen LogP contribution in [0.15, 0.2) is 53.0 Å². The van der Waals surface area contributed by atoms with Gasteiger partial charge in [0, 0.05) is 16.9 Å². The van der Waals surface area contributed by atoms with E-state index in [0.717, 1.165) is 32.6 Å². The van der Waals surface area contributed by atoms with Crippen molar-refractivity contribution in [1.82, 2.24) is 0 Å². The molecular formula is C18H17BrN2O3S. The summed E-state index contributed by atoms with van der Waals surface area (Å²) >= 11 is 3.47. The van der Waals surface area contributed by atoms with Crippen LogP contribution in [0, 0.1) is 0 Å². The number of nitrogens with one attached hydrogen (secondary N) is 1. The molecule has 130 valence electrons. The van der Waals surface area contributed by atoms with Crippen molar-refractivity contribution in [3.8, 4) is 16.9 Å². The number of rotatable bonds is 4. The van der Waals surface area contributed by atoms with E-state index < -0.39 is 10.0 Å². The standard InChI is InChI=1S/C18H17BrN2O3S/c1-24-18-16(9-14(20)10-17(18)19)13-4-3-12-8-15(21-25(2,22)23)6-5-11(12)7-13/h3-10,21H,20H2,1-2H3. The first-order valence-corrected chi connectivity index (χ1v) is 10.1. The molecule has 0 aliphatic rings. The summed E-state index contributed by atoms with van der Waals surface area (Å²) in [7, 11) is -1.69. The summed E-state index contributed by atoms with van der Waals surface area (Å²) in [6.45, 7) is 0. The molecule has 0 heterocycles. The van der Waals surface area contributed by atoms with Crippen LogP contribution in [0.2, 0.25) is 0 Å². The average Bonchev–Trinajstić information content (AvgIpc) is 2.52. The number of hydrogen-bond donors (Lipinski definition) is 2. The van der Waals surface area contributed by atoms with Gasteiger partial charge in [-0.2, -0.15) is 0 Å². The minimum atomic E-state index is -3.30. The molecule has 0 saturated heterocycles. The largest absolute Gasteiger partial charge is 0.495 e. The number of anilines is 2. The maximum absolute atomic E-state index is 11.4. The highest BCUT2D eigenvalue weighted by molar-refractivity contribution is 9.10. The van der Waals surface area contributed by atoms with Crippen LogP contribution in [0.1, 0.15) is 0 Å². The second-order valence-electron chi connectivity index (χ2n) is 5.73. The monoisotopic (exact) mass is 420 g/mol. The van der Waals surface area contributed by atoms with E-state index in [1.807, 2.05) is 30.3 Å². The summed E-state index contributed by atoms with van der Waals surface area (Å²) in [5.74, 6) is 0.712. The van der Waals surface area contributed by atoms with Crippen LogP contribution < -0.4 is 15.2 Å². The summed E-state index contributed by atoms with van der Waals surface area (Å²) in [5.41, 5.74) is 8.97. The Morgan fingerprint density at radius 1 is 1.04 bits per heavy atom. The first-order valence-electron chi connectivity index (χ1n) is 7.42. The minimum absolute atomic E-state index is 0.534. The highest BCUT2D eigenvalue weighted by Crippen LogP contribution is 2.39. The van der Waals surface area contributed by atoms with Gasteiger partial charge in [0.25, 0.3) is 0 Å². The number of halogens is 1. The molecule has 0 fully saturated rings. The second kappa shape index (κ2) is 6.57. The topological polar surface area (TPSA) is 81.4 Å². The van der Waals surface area contributed by atoms with E-state index in [1.54, 1.807) is 25.3 Å². The molecule has 0 aliphatic heterocycles. The highest BCUT2D eigenvalue weighted by atomic mass is 79.9. The van der Waals surface area contributed by atoms with Gasteiger partial charge in [-0.15, -0.1) is 0 Å². The summed E-state index contributed by atoms with van der Waals surface area (Å²) in [4.78, 5) is 0. The van der Waals surface area contributed by atoms with Crippen molar-refractivity contribution in [3.05, 3.63) is 53.0 Å². The molecule has 0 atom stereocenters. The summed E-state index contributed by atoms with van der Waals surface area (Å²) in [5, 5.41) is 1.91. The number of nitrogen functional groups attached to an aromatic ring is 1. The van der Waals surface area contributed by atoms with Crippen molar-refractivity contribution < 1.29 is 13.2 Å². The van der Waals surface area contributed by atoms with Crippen LogP contribution in [0.25, 0.3) is 21.9 Å². The Morgan fingerprint density at radius 2 is 1.72 bits per heavy atom. The zero-order valence-corrected chi connectivity index (χ0v) is 16.1. The Labute approximate surface area is 155 Å². The predicted molar refractivity (Wildman–Crippen MR) is 107 cm³/mol. The molecule has 7 heteroatoms. The SMILES string of the molecule is COc1c(Br)cc(N)cc1-c1ccc2cc(NS(C)(=O)=O)ccc2c1. The van der Waals surface area contributed by atoms with Gasteiger partial charge in [-0.25, -0.2) is 8.42 Å². The Bertz CT molecular complexity index is 1070. The first-order chi connectivity index (χ1) is 11.8. The molecule has 0 saturated carbocycles. The van der Waals surface area contributed by atoms with E-state index in [4.69, 9.17) is 10.5 Å². The van der Waals surface area contributed by atoms with E-state index in [9.17, 15) is 8.42 Å². The fourth-order valence-electron chi connectivity index (χ4n) is 2.73. The maximum Gasteiger partial charge on any atom is 0.229 e. The fraction of sp³-hybridized carbons (Fsp3) is 0.111. The lowest BCUT2D eigenvalue weighted by Gasteiger charge is -2.13. The van der Waals surface area contributed by atoms with Gasteiger partial charge in [-0.05, 0) is 62.6 Å². The highest BCUT2D eigenvalue weighted by Gasteiger charge is 2.12. The Balaban J connectivity index is 2.10. The van der Waals surface area contributed by atoms with Gasteiger partial charge in [-0.3, -0.25) is 4.72 Å². The number of hydrogen-bond acceptors (Lipinski definition) is 4. The Kier molecular flexibility index (Phi) is 4.62. The van der Waals surface area contributed by atoms with E-state index >= 15 is 0 Å². The van der Waals surface area contributed by atoms with Crippen LogP contribution in [0.4, 0.5) is 11.4 Å². The molecule has 0 spiro atoms. The lowest BCUT2D eigenvalue weighted by molar-refractivity contribution is 0.414. The summed E-state index contributed by atoms with van der Waals surface area (Å²) in [6, 6.07) is 15.0. The third kappa shape index (κ3) is 3.88. The number of methoxy groups -OCH3 is 1. The van der Waals surface area contributed by atoms with Gasteiger partial charge < -0.3 is 10.5 Å². The van der Waals surface area contributed by atoms with Gasteiger partial charge in [0.15, 0.2) is 0 Å². The van der Waals surface area contributed by atoms with Crippen LogP contribution in [0.3, 0.4) is 0 Å². The zero-order chi connectivity index (χ0) is 18.2. The van der Waals surface area contributed by atoms with Crippen LogP contribution in [0.5, 0.6) is 5.75 Å². The second-order valence-corrected chi connectivity index (χ2v) is 8.34. The molecule has 0 aliphatic carbocycles. The van der Waals surface area contributed by atoms with Gasteiger partial charge in [0.2, 0.25) is 10.0 Å². The van der Waals surface area contributed by atoms with Crippen LogP contribution in [-0.4, -0.2) is 21.8 Å². The van der Waals surface area contributed by atoms with Crippen LogP contribution >= 0.6 is 15.9 Å². The predicted octanol–water partition coefficient (Wildman–Crippen LogP) is 4.23. The molecule has 3 N–H and O–H groups in total. The molecule has 0 bridgehead atoms. The molecular weight excluding hydrogens is 404 g/mol. The van der Waals surface area contributed by atoms with Crippen molar-refractivity contribution in [3.63, 3.8) is 0 Å². The molecule has 25 heavy (non-hydrogen) atoms. The maximum atomic E-state index is 11.4. The minimum Gasteiger partial charge on any atom is -0.495 e. The lowest BCUT2D eigenvalue weighted by Crippen LogP contribution is -2.09. The van der Waals surface area contributed by atoms with E-state index in [-0.39, 0.29) is 0 Å². The average molecular weight is 421 g/mol. The van der Waals surface area contributed by atoms with Crippen molar-refractivity contribution in [2.45, 2.75) is 0 Å². The van der Waals surface area contributed by atoms with Crippen molar-refractivity contribution in [2.24, 2.45) is 0 Å². The molecule has 0 aromatic heterocycles. The first kappa shape index (κ1) is 17.6. The molecule has 0 amide bonds. The van der Waals surface area contributed by atoms with Gasteiger partial charge in [0.05, 0.1) is 17.8 Å². The number of sulfonamides is 1. The molecule has 3 aromatic carbocycles. The van der Waals surface area contributed by atoms with Crippen molar-refractivity contribution in [1.29, 1.82) is 0 Å². The number of benzene rings is 3. The van der Waals surface area contributed by atoms with Gasteiger partial charge >= 0.3 is 0 Å². The molecule has 3 rings (SSSR count). The van der Waals surface area contributed by atoms with Gasteiger partial charge in [-0.1, -0.05) is 18.2 Å². The number of fused-ring (bicyclic) bond motifs is 1. The van der Waals surface area contributed by atoms with Crippen molar-refractivity contribution >= 4 is 48.1 Å². The van der Waals surface area contributed by atoms with Crippen molar-refractivity contribution in [2.75, 3.05) is 23.8 Å². The van der Waals surface area contributed by atoms with Crippen LogP contribution in [-0.2, 0) is 10.0 Å². The van der Waals surface area contributed by atoms with E-state index in [1.165, 1.54) is 0 Å². The lowest BCUT2D eigenvalue weighted by atomic mass is 10.00.